The van der Waals surface area contributed by atoms with Gasteiger partial charge in [0.05, 0.1) is 10.6 Å². The molecule has 0 aliphatic rings. The molecule has 0 aliphatic carbocycles. The summed E-state index contributed by atoms with van der Waals surface area (Å²) in [5.74, 6) is 2.71. The van der Waals surface area contributed by atoms with Crippen LogP contribution in [0.15, 0.2) is 18.2 Å². The Kier molecular flexibility index (Phi) is 5.02. The van der Waals surface area contributed by atoms with Crippen LogP contribution in [0.1, 0.15) is 30.3 Å². The third-order valence-electron chi connectivity index (χ3n) is 3.15. The van der Waals surface area contributed by atoms with Crippen molar-refractivity contribution in [2.24, 2.45) is 0 Å². The molecular weight excluding hydrogens is 286 g/mol. The predicted molar refractivity (Wildman–Crippen MR) is 86.6 cm³/mol. The second-order valence-electron chi connectivity index (χ2n) is 4.95. The third-order valence-corrected chi connectivity index (χ3v) is 3.46. The van der Waals surface area contributed by atoms with E-state index in [1.54, 1.807) is 0 Å². The van der Waals surface area contributed by atoms with Gasteiger partial charge in [0, 0.05) is 13.5 Å². The summed E-state index contributed by atoms with van der Waals surface area (Å²) in [7, 11) is 1.84. The lowest BCUT2D eigenvalue weighted by Gasteiger charge is -2.13. The van der Waals surface area contributed by atoms with Gasteiger partial charge in [-0.05, 0) is 38.0 Å². The maximum atomic E-state index is 6.19. The van der Waals surface area contributed by atoms with Crippen molar-refractivity contribution >= 4 is 17.4 Å². The molecule has 0 amide bonds. The summed E-state index contributed by atoms with van der Waals surface area (Å²) >= 11 is 6.19. The normalized spacial score (nSPS) is 10.5. The maximum absolute atomic E-state index is 6.19. The number of benzene rings is 1. The molecule has 0 radical (unpaired) electrons. The topological polar surface area (TPSA) is 47.0 Å². The standard InChI is InChI=1S/C16H20ClN3O/c1-5-6-14-19-15(18-4)11(3)16(20-14)21-13-9-10(2)7-8-12(13)17/h7-9H,5-6H2,1-4H3,(H,18,19,20). The van der Waals surface area contributed by atoms with E-state index >= 15 is 0 Å². The van der Waals surface area contributed by atoms with E-state index in [2.05, 4.69) is 22.2 Å². The molecule has 0 saturated carbocycles. The molecule has 112 valence electrons. The largest absolute Gasteiger partial charge is 0.437 e. The highest BCUT2D eigenvalue weighted by molar-refractivity contribution is 6.32. The van der Waals surface area contributed by atoms with Crippen molar-refractivity contribution in [2.75, 3.05) is 12.4 Å². The van der Waals surface area contributed by atoms with Crippen LogP contribution >= 0.6 is 11.6 Å². The van der Waals surface area contributed by atoms with Gasteiger partial charge >= 0.3 is 0 Å². The first kappa shape index (κ1) is 15.6. The third kappa shape index (κ3) is 3.64. The first-order valence-corrected chi connectivity index (χ1v) is 7.42. The van der Waals surface area contributed by atoms with Gasteiger partial charge in [-0.1, -0.05) is 24.6 Å². The molecule has 5 heteroatoms. The van der Waals surface area contributed by atoms with Crippen LogP contribution in [0.25, 0.3) is 0 Å². The summed E-state index contributed by atoms with van der Waals surface area (Å²) in [4.78, 5) is 8.99. The van der Waals surface area contributed by atoms with E-state index in [1.165, 1.54) is 0 Å². The molecule has 2 rings (SSSR count). The van der Waals surface area contributed by atoms with E-state index < -0.39 is 0 Å². The van der Waals surface area contributed by atoms with Crippen molar-refractivity contribution < 1.29 is 4.74 Å². The van der Waals surface area contributed by atoms with E-state index in [0.717, 1.165) is 35.6 Å². The molecule has 0 aliphatic heterocycles. The average molecular weight is 306 g/mol. The quantitative estimate of drug-likeness (QED) is 0.881. The molecule has 0 spiro atoms. The highest BCUT2D eigenvalue weighted by Crippen LogP contribution is 2.32. The Balaban J connectivity index is 2.42. The minimum absolute atomic E-state index is 0.547. The number of aromatic nitrogens is 2. The molecule has 1 heterocycles. The lowest BCUT2D eigenvalue weighted by atomic mass is 10.2. The number of hydrogen-bond donors (Lipinski definition) is 1. The van der Waals surface area contributed by atoms with Crippen LogP contribution in [0.3, 0.4) is 0 Å². The molecule has 0 unspecified atom stereocenters. The van der Waals surface area contributed by atoms with Crippen molar-refractivity contribution in [1.29, 1.82) is 0 Å². The number of ether oxygens (including phenoxy) is 1. The van der Waals surface area contributed by atoms with Crippen molar-refractivity contribution in [3.63, 3.8) is 0 Å². The first-order valence-electron chi connectivity index (χ1n) is 7.04. The molecule has 0 atom stereocenters. The van der Waals surface area contributed by atoms with Crippen LogP contribution in [0.5, 0.6) is 11.6 Å². The Bertz CT molecular complexity index is 644. The first-order chi connectivity index (χ1) is 10.0. The Morgan fingerprint density at radius 2 is 2.00 bits per heavy atom. The van der Waals surface area contributed by atoms with Crippen LogP contribution in [0.2, 0.25) is 5.02 Å². The summed E-state index contributed by atoms with van der Waals surface area (Å²) in [5, 5.41) is 3.65. The Labute approximate surface area is 130 Å². The molecule has 0 saturated heterocycles. The summed E-state index contributed by atoms with van der Waals surface area (Å²) in [5.41, 5.74) is 1.96. The van der Waals surface area contributed by atoms with Gasteiger partial charge in [-0.2, -0.15) is 4.98 Å². The summed E-state index contributed by atoms with van der Waals surface area (Å²) in [6.07, 6.45) is 1.80. The molecule has 0 fully saturated rings. The SMILES string of the molecule is CCCc1nc(NC)c(C)c(Oc2cc(C)ccc2Cl)n1. The Morgan fingerprint density at radius 3 is 2.67 bits per heavy atom. The second-order valence-corrected chi connectivity index (χ2v) is 5.36. The zero-order valence-electron chi connectivity index (χ0n) is 12.8. The lowest BCUT2D eigenvalue weighted by Crippen LogP contribution is -2.05. The van der Waals surface area contributed by atoms with Gasteiger partial charge in [-0.15, -0.1) is 0 Å². The highest BCUT2D eigenvalue weighted by Gasteiger charge is 2.13. The average Bonchev–Trinajstić information content (AvgIpc) is 2.46. The number of nitrogens with zero attached hydrogens (tertiary/aromatic N) is 2. The summed E-state index contributed by atoms with van der Waals surface area (Å²) in [6, 6.07) is 5.68. The fourth-order valence-electron chi connectivity index (χ4n) is 2.01. The molecule has 4 nitrogen and oxygen atoms in total. The second kappa shape index (κ2) is 6.76. The fraction of sp³-hybridized carbons (Fsp3) is 0.375. The van der Waals surface area contributed by atoms with Crippen molar-refractivity contribution in [3.05, 3.63) is 40.2 Å². The molecule has 2 aromatic rings. The Hall–Kier alpha value is -1.81. The number of anilines is 1. The fourth-order valence-corrected chi connectivity index (χ4v) is 2.17. The molecule has 1 aromatic heterocycles. The van der Waals surface area contributed by atoms with E-state index in [4.69, 9.17) is 16.3 Å². The molecule has 21 heavy (non-hydrogen) atoms. The number of hydrogen-bond acceptors (Lipinski definition) is 4. The molecular formula is C16H20ClN3O. The molecule has 0 bridgehead atoms. The zero-order chi connectivity index (χ0) is 15.4. The van der Waals surface area contributed by atoms with Gasteiger partial charge in [0.25, 0.3) is 0 Å². The van der Waals surface area contributed by atoms with Crippen molar-refractivity contribution in [3.8, 4) is 11.6 Å². The minimum Gasteiger partial charge on any atom is -0.437 e. The van der Waals surface area contributed by atoms with Crippen molar-refractivity contribution in [1.82, 2.24) is 9.97 Å². The monoisotopic (exact) mass is 305 g/mol. The minimum atomic E-state index is 0.547. The lowest BCUT2D eigenvalue weighted by molar-refractivity contribution is 0.454. The molecule has 1 N–H and O–H groups in total. The van der Waals surface area contributed by atoms with Crippen LogP contribution in [0.4, 0.5) is 5.82 Å². The number of halogens is 1. The highest BCUT2D eigenvalue weighted by atomic mass is 35.5. The van der Waals surface area contributed by atoms with Crippen LogP contribution < -0.4 is 10.1 Å². The zero-order valence-corrected chi connectivity index (χ0v) is 13.6. The summed E-state index contributed by atoms with van der Waals surface area (Å²) < 4.78 is 5.93. The van der Waals surface area contributed by atoms with Crippen LogP contribution in [0, 0.1) is 13.8 Å². The summed E-state index contributed by atoms with van der Waals surface area (Å²) in [6.45, 7) is 6.03. The van der Waals surface area contributed by atoms with Crippen LogP contribution in [-0.4, -0.2) is 17.0 Å². The van der Waals surface area contributed by atoms with Crippen molar-refractivity contribution in [2.45, 2.75) is 33.6 Å². The van der Waals surface area contributed by atoms with Gasteiger partial charge in [-0.25, -0.2) is 4.98 Å². The molecule has 1 aromatic carbocycles. The van der Waals surface area contributed by atoms with Gasteiger partial charge < -0.3 is 10.1 Å². The van der Waals surface area contributed by atoms with E-state index in [0.29, 0.717) is 16.7 Å². The van der Waals surface area contributed by atoms with E-state index in [9.17, 15) is 0 Å². The maximum Gasteiger partial charge on any atom is 0.227 e. The van der Waals surface area contributed by atoms with Crippen LogP contribution in [-0.2, 0) is 6.42 Å². The van der Waals surface area contributed by atoms with Gasteiger partial charge in [0.15, 0.2) is 0 Å². The van der Waals surface area contributed by atoms with E-state index in [-0.39, 0.29) is 0 Å². The number of nitrogens with one attached hydrogen (secondary N) is 1. The smallest absolute Gasteiger partial charge is 0.227 e. The van der Waals surface area contributed by atoms with Gasteiger partial charge in [0.1, 0.15) is 17.4 Å². The van der Waals surface area contributed by atoms with Gasteiger partial charge in [-0.3, -0.25) is 0 Å². The van der Waals surface area contributed by atoms with Gasteiger partial charge in [0.2, 0.25) is 5.88 Å². The predicted octanol–water partition coefficient (Wildman–Crippen LogP) is 4.53. The Morgan fingerprint density at radius 1 is 1.24 bits per heavy atom. The van der Waals surface area contributed by atoms with E-state index in [1.807, 2.05) is 39.1 Å². The number of rotatable bonds is 5. The number of aryl methyl sites for hydroxylation is 2.